The summed E-state index contributed by atoms with van der Waals surface area (Å²) in [4.78, 5) is 17.1. The normalized spacial score (nSPS) is 10.5. The number of carbonyl (C=O) groups excluding carboxylic acids is 1. The first-order chi connectivity index (χ1) is 16.0. The van der Waals surface area contributed by atoms with E-state index in [4.69, 9.17) is 20.5 Å². The number of methoxy groups -OCH3 is 1. The van der Waals surface area contributed by atoms with Crippen molar-refractivity contribution in [3.05, 3.63) is 76.4 Å². The molecule has 2 aromatic carbocycles. The van der Waals surface area contributed by atoms with Gasteiger partial charge >= 0.3 is 0 Å². The van der Waals surface area contributed by atoms with E-state index in [9.17, 15) is 4.79 Å². The van der Waals surface area contributed by atoms with Crippen molar-refractivity contribution in [1.82, 2.24) is 15.2 Å². The molecule has 0 aliphatic rings. The molecule has 4 aromatic rings. The summed E-state index contributed by atoms with van der Waals surface area (Å²) in [6.07, 6.45) is 0. The van der Waals surface area contributed by atoms with Crippen molar-refractivity contribution in [2.75, 3.05) is 7.11 Å². The first kappa shape index (κ1) is 21.9. The van der Waals surface area contributed by atoms with Crippen molar-refractivity contribution in [3.8, 4) is 39.4 Å². The maximum atomic E-state index is 12.5. The van der Waals surface area contributed by atoms with E-state index in [-0.39, 0.29) is 12.2 Å². The Labute approximate surface area is 194 Å². The first-order valence-electron chi connectivity index (χ1n) is 9.90. The molecule has 0 saturated heterocycles. The molecular formula is C24H19N5O3S. The third kappa shape index (κ3) is 4.66. The minimum absolute atomic E-state index is 0.181. The van der Waals surface area contributed by atoms with Crippen LogP contribution in [0.2, 0.25) is 0 Å². The number of para-hydroxylation sites is 1. The Morgan fingerprint density at radius 3 is 2.58 bits per heavy atom. The highest BCUT2D eigenvalue weighted by Gasteiger charge is 2.23. The lowest BCUT2D eigenvalue weighted by atomic mass is 9.96. The third-order valence-electron chi connectivity index (χ3n) is 4.81. The fourth-order valence-corrected chi connectivity index (χ4v) is 4.08. The topological polar surface area (TPSA) is 124 Å². The molecule has 33 heavy (non-hydrogen) atoms. The van der Waals surface area contributed by atoms with Crippen molar-refractivity contribution >= 4 is 17.2 Å². The van der Waals surface area contributed by atoms with Crippen LogP contribution in [0.4, 0.5) is 0 Å². The lowest BCUT2D eigenvalue weighted by molar-refractivity contribution is 0.100. The monoisotopic (exact) mass is 457 g/mol. The predicted octanol–water partition coefficient (Wildman–Crippen LogP) is 4.13. The van der Waals surface area contributed by atoms with Crippen molar-refractivity contribution in [2.45, 2.75) is 13.5 Å². The van der Waals surface area contributed by atoms with Crippen LogP contribution < -0.4 is 15.2 Å². The Hall–Kier alpha value is -4.29. The second kappa shape index (κ2) is 9.46. The van der Waals surface area contributed by atoms with Crippen molar-refractivity contribution in [3.63, 3.8) is 0 Å². The van der Waals surface area contributed by atoms with Crippen LogP contribution in [0.1, 0.15) is 26.6 Å². The zero-order valence-electron chi connectivity index (χ0n) is 17.9. The Balaban J connectivity index is 1.69. The number of hydrogen-bond donors (Lipinski definition) is 1. The van der Waals surface area contributed by atoms with Gasteiger partial charge in [0.25, 0.3) is 5.91 Å². The van der Waals surface area contributed by atoms with Crippen LogP contribution in [0.15, 0.2) is 54.6 Å². The highest BCUT2D eigenvalue weighted by molar-refractivity contribution is 7.14. The third-order valence-corrected chi connectivity index (χ3v) is 5.71. The average molecular weight is 458 g/mol. The number of hydrogen-bond acceptors (Lipinski definition) is 8. The van der Waals surface area contributed by atoms with Gasteiger partial charge in [0.05, 0.1) is 24.3 Å². The molecule has 1 amide bonds. The van der Waals surface area contributed by atoms with Crippen molar-refractivity contribution in [1.29, 1.82) is 5.26 Å². The number of nitrogens with two attached hydrogens (primary N) is 1. The van der Waals surface area contributed by atoms with Crippen LogP contribution >= 0.6 is 11.3 Å². The van der Waals surface area contributed by atoms with Gasteiger partial charge in [-0.1, -0.05) is 29.5 Å². The average Bonchev–Trinajstić information content (AvgIpc) is 3.31. The molecule has 0 atom stereocenters. The molecule has 164 valence electrons. The van der Waals surface area contributed by atoms with E-state index in [0.29, 0.717) is 44.0 Å². The summed E-state index contributed by atoms with van der Waals surface area (Å²) in [5.74, 6) is 0.602. The van der Waals surface area contributed by atoms with Crippen LogP contribution in [0.5, 0.6) is 11.5 Å². The second-order valence-electron chi connectivity index (χ2n) is 7.03. The van der Waals surface area contributed by atoms with Gasteiger partial charge in [0, 0.05) is 16.8 Å². The number of primary amides is 1. The zero-order chi connectivity index (χ0) is 23.4. The molecule has 2 heterocycles. The van der Waals surface area contributed by atoms with Gasteiger partial charge in [0.1, 0.15) is 23.8 Å². The fraction of sp³-hybridized carbons (Fsp3) is 0.125. The summed E-state index contributed by atoms with van der Waals surface area (Å²) in [6, 6.07) is 18.0. The Kier molecular flexibility index (Phi) is 6.29. The SMILES string of the molecule is COc1ccccc1-c1cc(C)nc(-c2nnc(COc3ccc(C#N)cc3)s2)c1C(N)=O. The predicted molar refractivity (Wildman–Crippen MR) is 124 cm³/mol. The fourth-order valence-electron chi connectivity index (χ4n) is 3.34. The van der Waals surface area contributed by atoms with E-state index < -0.39 is 5.91 Å². The molecule has 8 nitrogen and oxygen atoms in total. The molecule has 4 rings (SSSR count). The highest BCUT2D eigenvalue weighted by Crippen LogP contribution is 2.37. The molecule has 0 aliphatic carbocycles. The first-order valence-corrected chi connectivity index (χ1v) is 10.7. The molecule has 0 fully saturated rings. The van der Waals surface area contributed by atoms with Crippen LogP contribution in [-0.2, 0) is 6.61 Å². The summed E-state index contributed by atoms with van der Waals surface area (Å²) in [6.45, 7) is 2.02. The van der Waals surface area contributed by atoms with E-state index in [1.54, 1.807) is 37.4 Å². The zero-order valence-corrected chi connectivity index (χ0v) is 18.7. The molecule has 0 spiro atoms. The Morgan fingerprint density at radius 2 is 1.88 bits per heavy atom. The van der Waals surface area contributed by atoms with Crippen molar-refractivity contribution in [2.24, 2.45) is 5.73 Å². The number of benzene rings is 2. The van der Waals surface area contributed by atoms with E-state index >= 15 is 0 Å². The summed E-state index contributed by atoms with van der Waals surface area (Å²) in [5.41, 5.74) is 9.00. The van der Waals surface area contributed by atoms with Gasteiger partial charge < -0.3 is 15.2 Å². The highest BCUT2D eigenvalue weighted by atomic mass is 32.1. The lowest BCUT2D eigenvalue weighted by Gasteiger charge is -2.14. The maximum Gasteiger partial charge on any atom is 0.251 e. The maximum absolute atomic E-state index is 12.5. The quantitative estimate of drug-likeness (QED) is 0.442. The van der Waals surface area contributed by atoms with Gasteiger partial charge in [-0.2, -0.15) is 5.26 Å². The molecule has 2 N–H and O–H groups in total. The Bertz CT molecular complexity index is 1360. The second-order valence-corrected chi connectivity index (χ2v) is 8.09. The number of pyridine rings is 1. The Morgan fingerprint density at radius 1 is 1.12 bits per heavy atom. The molecule has 9 heteroatoms. The van der Waals surface area contributed by atoms with Gasteiger partial charge in [0.2, 0.25) is 0 Å². The van der Waals surface area contributed by atoms with Gasteiger partial charge in [0.15, 0.2) is 10.0 Å². The summed E-state index contributed by atoms with van der Waals surface area (Å²) in [7, 11) is 1.57. The van der Waals surface area contributed by atoms with Crippen LogP contribution in [0.3, 0.4) is 0 Å². The largest absolute Gasteiger partial charge is 0.496 e. The summed E-state index contributed by atoms with van der Waals surface area (Å²) >= 11 is 1.27. The van der Waals surface area contributed by atoms with Gasteiger partial charge in [-0.05, 0) is 43.3 Å². The molecule has 0 radical (unpaired) electrons. The van der Waals surface area contributed by atoms with Crippen LogP contribution in [0.25, 0.3) is 21.8 Å². The lowest BCUT2D eigenvalue weighted by Crippen LogP contribution is -2.15. The molecule has 0 aliphatic heterocycles. The number of aryl methyl sites for hydroxylation is 1. The number of nitrogens with zero attached hydrogens (tertiary/aromatic N) is 4. The number of amides is 1. The number of aromatic nitrogens is 3. The summed E-state index contributed by atoms with van der Waals surface area (Å²) in [5, 5.41) is 18.4. The molecule has 2 aromatic heterocycles. The summed E-state index contributed by atoms with van der Waals surface area (Å²) < 4.78 is 11.2. The minimum atomic E-state index is -0.621. The van der Waals surface area contributed by atoms with Gasteiger partial charge in [-0.15, -0.1) is 10.2 Å². The van der Waals surface area contributed by atoms with Gasteiger partial charge in [-0.3, -0.25) is 4.79 Å². The molecular weight excluding hydrogens is 438 g/mol. The van der Waals surface area contributed by atoms with E-state index in [2.05, 4.69) is 21.3 Å². The van der Waals surface area contributed by atoms with Crippen LogP contribution in [-0.4, -0.2) is 28.2 Å². The van der Waals surface area contributed by atoms with Gasteiger partial charge in [-0.25, -0.2) is 4.98 Å². The standard InChI is InChI=1S/C24H19N5O3S/c1-14-11-18(17-5-3-4-6-19(17)31-2)21(23(26)30)22(27-14)24-29-28-20(33-24)13-32-16-9-7-15(12-25)8-10-16/h3-11H,13H2,1-2H3,(H2,26,30). The number of nitriles is 1. The number of rotatable bonds is 7. The van der Waals surface area contributed by atoms with E-state index in [1.807, 2.05) is 31.2 Å². The molecule has 0 bridgehead atoms. The van der Waals surface area contributed by atoms with Crippen LogP contribution in [0, 0.1) is 18.3 Å². The molecule has 0 unspecified atom stereocenters. The van der Waals surface area contributed by atoms with E-state index in [0.717, 1.165) is 5.56 Å². The van der Waals surface area contributed by atoms with Crippen molar-refractivity contribution < 1.29 is 14.3 Å². The smallest absolute Gasteiger partial charge is 0.251 e. The number of carbonyl (C=O) groups is 1. The number of ether oxygens (including phenoxy) is 2. The minimum Gasteiger partial charge on any atom is -0.496 e. The van der Waals surface area contributed by atoms with E-state index in [1.165, 1.54) is 11.3 Å². The molecule has 0 saturated carbocycles.